The van der Waals surface area contributed by atoms with Crippen molar-refractivity contribution in [2.45, 2.75) is 33.2 Å². The minimum atomic E-state index is 0.904. The molecule has 0 saturated heterocycles. The van der Waals surface area contributed by atoms with Crippen LogP contribution in [0.4, 0.5) is 5.69 Å². The summed E-state index contributed by atoms with van der Waals surface area (Å²) in [6.07, 6.45) is 2.16. The number of anilines is 1. The van der Waals surface area contributed by atoms with Crippen LogP contribution in [0.3, 0.4) is 0 Å². The van der Waals surface area contributed by atoms with Crippen molar-refractivity contribution in [1.82, 2.24) is 0 Å². The molecule has 0 heterocycles. The van der Waals surface area contributed by atoms with Gasteiger partial charge in [0.25, 0.3) is 0 Å². The third-order valence-corrected chi connectivity index (χ3v) is 3.37. The molecule has 2 aromatic rings. The summed E-state index contributed by atoms with van der Waals surface area (Å²) in [7, 11) is 0. The molecule has 0 saturated carbocycles. The lowest BCUT2D eigenvalue weighted by atomic mass is 10.0. The van der Waals surface area contributed by atoms with Crippen molar-refractivity contribution in [2.75, 3.05) is 5.32 Å². The van der Waals surface area contributed by atoms with Crippen LogP contribution in [0.5, 0.6) is 0 Å². The molecule has 2 aromatic carbocycles. The number of rotatable bonds is 5. The summed E-state index contributed by atoms with van der Waals surface area (Å²) in [5.41, 5.74) is 5.46. The van der Waals surface area contributed by atoms with Crippen molar-refractivity contribution in [1.29, 1.82) is 0 Å². The lowest BCUT2D eigenvalue weighted by Gasteiger charge is -2.13. The molecule has 94 valence electrons. The second kappa shape index (κ2) is 6.25. The summed E-state index contributed by atoms with van der Waals surface area (Å²) in [6.45, 7) is 5.31. The maximum atomic E-state index is 3.56. The number of hydrogen-bond acceptors (Lipinski definition) is 1. The predicted octanol–water partition coefficient (Wildman–Crippen LogP) is 4.42. The van der Waals surface area contributed by atoms with E-state index in [1.807, 2.05) is 0 Å². The van der Waals surface area contributed by atoms with Gasteiger partial charge in [-0.15, -0.1) is 0 Å². The highest BCUT2D eigenvalue weighted by Crippen LogP contribution is 2.18. The van der Waals surface area contributed by atoms with Gasteiger partial charge in [0.1, 0.15) is 0 Å². The first-order valence-electron chi connectivity index (χ1n) is 6.73. The second-order valence-corrected chi connectivity index (χ2v) is 4.49. The highest BCUT2D eigenvalue weighted by atomic mass is 14.9. The van der Waals surface area contributed by atoms with Gasteiger partial charge in [0.15, 0.2) is 0 Å². The van der Waals surface area contributed by atoms with E-state index >= 15 is 0 Å². The van der Waals surface area contributed by atoms with Gasteiger partial charge in [-0.1, -0.05) is 56.3 Å². The Morgan fingerprint density at radius 2 is 1.28 bits per heavy atom. The van der Waals surface area contributed by atoms with E-state index in [-0.39, 0.29) is 0 Å². The molecule has 0 aliphatic rings. The van der Waals surface area contributed by atoms with Crippen LogP contribution in [0, 0.1) is 0 Å². The Kier molecular flexibility index (Phi) is 4.40. The summed E-state index contributed by atoms with van der Waals surface area (Å²) >= 11 is 0. The standard InChI is InChI=1S/C17H21N/c1-3-14-9-5-6-11-16(14)13-18-17-12-8-7-10-15(17)4-2/h5-12,18H,3-4,13H2,1-2H3. The van der Waals surface area contributed by atoms with Crippen molar-refractivity contribution in [3.63, 3.8) is 0 Å². The zero-order valence-electron chi connectivity index (χ0n) is 11.2. The Labute approximate surface area is 110 Å². The van der Waals surface area contributed by atoms with Gasteiger partial charge in [-0.2, -0.15) is 0 Å². The SMILES string of the molecule is CCc1ccccc1CNc1ccccc1CC. The normalized spacial score (nSPS) is 10.3. The van der Waals surface area contributed by atoms with Crippen molar-refractivity contribution < 1.29 is 0 Å². The van der Waals surface area contributed by atoms with E-state index in [1.165, 1.54) is 22.4 Å². The fourth-order valence-corrected chi connectivity index (χ4v) is 2.27. The number of para-hydroxylation sites is 1. The molecular weight excluding hydrogens is 218 g/mol. The van der Waals surface area contributed by atoms with E-state index in [0.717, 1.165) is 19.4 Å². The summed E-state index contributed by atoms with van der Waals surface area (Å²) in [6, 6.07) is 17.2. The topological polar surface area (TPSA) is 12.0 Å². The van der Waals surface area contributed by atoms with E-state index in [1.54, 1.807) is 0 Å². The zero-order chi connectivity index (χ0) is 12.8. The van der Waals surface area contributed by atoms with Crippen LogP contribution in [-0.2, 0) is 19.4 Å². The molecule has 0 fully saturated rings. The molecule has 0 radical (unpaired) electrons. The molecule has 2 rings (SSSR count). The molecule has 0 aliphatic carbocycles. The molecule has 18 heavy (non-hydrogen) atoms. The number of nitrogens with one attached hydrogen (secondary N) is 1. The minimum absolute atomic E-state index is 0.904. The third kappa shape index (κ3) is 2.92. The third-order valence-electron chi connectivity index (χ3n) is 3.37. The zero-order valence-corrected chi connectivity index (χ0v) is 11.2. The second-order valence-electron chi connectivity index (χ2n) is 4.49. The van der Waals surface area contributed by atoms with Crippen LogP contribution in [0.25, 0.3) is 0 Å². The van der Waals surface area contributed by atoms with Crippen LogP contribution in [0.1, 0.15) is 30.5 Å². The molecule has 1 heteroatoms. The molecule has 0 unspecified atom stereocenters. The van der Waals surface area contributed by atoms with Crippen molar-refractivity contribution in [3.8, 4) is 0 Å². The lowest BCUT2D eigenvalue weighted by Crippen LogP contribution is -2.04. The predicted molar refractivity (Wildman–Crippen MR) is 79.0 cm³/mol. The number of aryl methyl sites for hydroxylation is 2. The molecule has 0 amide bonds. The highest BCUT2D eigenvalue weighted by Gasteiger charge is 2.02. The lowest BCUT2D eigenvalue weighted by molar-refractivity contribution is 1.03. The summed E-state index contributed by atoms with van der Waals surface area (Å²) in [4.78, 5) is 0. The van der Waals surface area contributed by atoms with Crippen LogP contribution < -0.4 is 5.32 Å². The Bertz CT molecular complexity index is 455. The van der Waals surface area contributed by atoms with Gasteiger partial charge >= 0.3 is 0 Å². The molecule has 0 aliphatic heterocycles. The van der Waals surface area contributed by atoms with Gasteiger partial charge in [-0.05, 0) is 35.6 Å². The largest absolute Gasteiger partial charge is 0.381 e. The number of benzene rings is 2. The van der Waals surface area contributed by atoms with Crippen LogP contribution in [0.2, 0.25) is 0 Å². The molecule has 0 atom stereocenters. The van der Waals surface area contributed by atoms with Gasteiger partial charge in [0.2, 0.25) is 0 Å². The summed E-state index contributed by atoms with van der Waals surface area (Å²) in [5, 5.41) is 3.56. The van der Waals surface area contributed by atoms with E-state index in [9.17, 15) is 0 Å². The van der Waals surface area contributed by atoms with Gasteiger partial charge in [0, 0.05) is 12.2 Å². The average molecular weight is 239 g/mol. The molecular formula is C17H21N. The summed E-state index contributed by atoms with van der Waals surface area (Å²) in [5.74, 6) is 0. The molecule has 0 spiro atoms. The number of hydrogen-bond donors (Lipinski definition) is 1. The van der Waals surface area contributed by atoms with Crippen LogP contribution >= 0.6 is 0 Å². The van der Waals surface area contributed by atoms with Gasteiger partial charge in [-0.25, -0.2) is 0 Å². The fourth-order valence-electron chi connectivity index (χ4n) is 2.27. The van der Waals surface area contributed by atoms with E-state index < -0.39 is 0 Å². The first kappa shape index (κ1) is 12.7. The van der Waals surface area contributed by atoms with Crippen LogP contribution in [-0.4, -0.2) is 0 Å². The van der Waals surface area contributed by atoms with Gasteiger partial charge < -0.3 is 5.32 Å². The van der Waals surface area contributed by atoms with E-state index in [2.05, 4.69) is 67.7 Å². The highest BCUT2D eigenvalue weighted by molar-refractivity contribution is 5.51. The maximum Gasteiger partial charge on any atom is 0.0403 e. The average Bonchev–Trinajstić information content (AvgIpc) is 2.45. The smallest absolute Gasteiger partial charge is 0.0403 e. The van der Waals surface area contributed by atoms with E-state index in [4.69, 9.17) is 0 Å². The maximum absolute atomic E-state index is 3.56. The van der Waals surface area contributed by atoms with Crippen molar-refractivity contribution in [2.24, 2.45) is 0 Å². The molecule has 0 bridgehead atoms. The van der Waals surface area contributed by atoms with Gasteiger partial charge in [0.05, 0.1) is 0 Å². The minimum Gasteiger partial charge on any atom is -0.381 e. The molecule has 0 aromatic heterocycles. The van der Waals surface area contributed by atoms with Crippen LogP contribution in [0.15, 0.2) is 48.5 Å². The Balaban J connectivity index is 2.11. The first-order chi connectivity index (χ1) is 8.85. The van der Waals surface area contributed by atoms with Gasteiger partial charge in [-0.3, -0.25) is 0 Å². The first-order valence-corrected chi connectivity index (χ1v) is 6.73. The quantitative estimate of drug-likeness (QED) is 0.814. The Morgan fingerprint density at radius 3 is 1.94 bits per heavy atom. The monoisotopic (exact) mass is 239 g/mol. The van der Waals surface area contributed by atoms with Crippen molar-refractivity contribution >= 4 is 5.69 Å². The van der Waals surface area contributed by atoms with Crippen molar-refractivity contribution in [3.05, 3.63) is 65.2 Å². The molecule has 1 nitrogen and oxygen atoms in total. The fraction of sp³-hybridized carbons (Fsp3) is 0.294. The molecule has 1 N–H and O–H groups in total. The summed E-state index contributed by atoms with van der Waals surface area (Å²) < 4.78 is 0. The Hall–Kier alpha value is -1.76. The Morgan fingerprint density at radius 1 is 0.722 bits per heavy atom. The van der Waals surface area contributed by atoms with E-state index in [0.29, 0.717) is 0 Å².